The van der Waals surface area contributed by atoms with Gasteiger partial charge in [0.15, 0.2) is 17.3 Å². The van der Waals surface area contributed by atoms with Gasteiger partial charge in [-0.05, 0) is 47.9 Å². The number of hydrogen-bond acceptors (Lipinski definition) is 7. The molecule has 0 N–H and O–H groups in total. The van der Waals surface area contributed by atoms with E-state index in [-0.39, 0.29) is 61.4 Å². The summed E-state index contributed by atoms with van der Waals surface area (Å²) in [5, 5.41) is 0. The molecule has 3 fully saturated rings. The molecular weight excluding hydrogens is 921 g/mol. The number of benzene rings is 6. The van der Waals surface area contributed by atoms with Crippen LogP contribution in [0.2, 0.25) is 0 Å². The molecule has 0 amide bonds. The van der Waals surface area contributed by atoms with Crippen LogP contribution in [0.1, 0.15) is 81.2 Å². The Labute approximate surface area is 443 Å². The minimum atomic E-state index is -1.85. The van der Waals surface area contributed by atoms with Crippen LogP contribution in [0.5, 0.6) is 0 Å². The molecule has 0 spiro atoms. The quantitative estimate of drug-likeness (QED) is 0.0750. The van der Waals surface area contributed by atoms with Crippen molar-refractivity contribution in [3.05, 3.63) is 233 Å². The van der Waals surface area contributed by atoms with Crippen LogP contribution in [0.4, 0.5) is 13.2 Å². The summed E-state index contributed by atoms with van der Waals surface area (Å²) in [6, 6.07) is 60.6. The molecule has 2 unspecified atom stereocenters. The van der Waals surface area contributed by atoms with Crippen LogP contribution < -0.4 is 18.9 Å². The van der Waals surface area contributed by atoms with E-state index < -0.39 is 36.0 Å². The molecule has 8 atom stereocenters. The van der Waals surface area contributed by atoms with Crippen LogP contribution >= 0.6 is 0 Å². The molecule has 6 aromatic rings. The zero-order valence-corrected chi connectivity index (χ0v) is 43.0. The summed E-state index contributed by atoms with van der Waals surface area (Å²) in [6.07, 6.45) is -0.912. The van der Waals surface area contributed by atoms with Crippen LogP contribution in [-0.4, -0.2) is 49.8 Å². The van der Waals surface area contributed by atoms with Gasteiger partial charge in [0.25, 0.3) is 0 Å². The molecular formula is C62H70F3LiO7. The van der Waals surface area contributed by atoms with E-state index >= 15 is 4.39 Å². The number of halogens is 3. The Morgan fingerprint density at radius 2 is 0.822 bits per heavy atom. The molecule has 0 aromatic heterocycles. The maximum atomic E-state index is 15.8. The van der Waals surface area contributed by atoms with Gasteiger partial charge < -0.3 is 33.2 Å². The Balaban J connectivity index is 0.000000222. The van der Waals surface area contributed by atoms with Gasteiger partial charge in [-0.2, -0.15) is 45.2 Å². The minimum absolute atomic E-state index is 0. The fourth-order valence-electron chi connectivity index (χ4n) is 8.64. The van der Waals surface area contributed by atoms with E-state index in [1.807, 2.05) is 184 Å². The van der Waals surface area contributed by atoms with Crippen LogP contribution in [-0.2, 0) is 59.6 Å². The van der Waals surface area contributed by atoms with Gasteiger partial charge in [0.2, 0.25) is 0 Å². The van der Waals surface area contributed by atoms with Gasteiger partial charge in [-0.3, -0.25) is 0 Å². The summed E-state index contributed by atoms with van der Waals surface area (Å²) < 4.78 is 84.8. The molecule has 3 aliphatic rings. The zero-order chi connectivity index (χ0) is 50.8. The van der Waals surface area contributed by atoms with E-state index in [2.05, 4.69) is 19.9 Å². The molecule has 382 valence electrons. The Morgan fingerprint density at radius 1 is 0.479 bits per heavy atom. The SMILES string of the molecule is C1CCOC1.CC[C@H]1OC(=C(F)F)[C@H](OCc2ccccc2)[C@@H](OCc2ccccc2)C1C.CC[C@H]1OC(=C(F)c2ccccc2)[C@H](OCc2ccccc2)[C@@H](OCc2ccccc2)C1C.[Li+].[c-]1ccccc1. The molecule has 7 nitrogen and oxygen atoms in total. The third-order valence-electron chi connectivity index (χ3n) is 12.7. The molecule has 3 saturated heterocycles. The Hall–Kier alpha value is -5.41. The number of hydrogen-bond donors (Lipinski definition) is 0. The number of ether oxygens (including phenoxy) is 7. The van der Waals surface area contributed by atoms with Gasteiger partial charge in [0.1, 0.15) is 24.4 Å². The molecule has 3 heterocycles. The molecule has 0 bridgehead atoms. The van der Waals surface area contributed by atoms with E-state index in [0.29, 0.717) is 31.8 Å². The smallest absolute Gasteiger partial charge is 0.488 e. The van der Waals surface area contributed by atoms with Crippen molar-refractivity contribution in [2.45, 2.75) is 116 Å². The third-order valence-corrected chi connectivity index (χ3v) is 12.7. The average Bonchev–Trinajstić information content (AvgIpc) is 4.04. The summed E-state index contributed by atoms with van der Waals surface area (Å²) >= 11 is 0. The van der Waals surface area contributed by atoms with Crippen molar-refractivity contribution in [3.8, 4) is 0 Å². The van der Waals surface area contributed by atoms with Gasteiger partial charge in [-0.1, -0.05) is 179 Å². The molecule has 9 rings (SSSR count). The monoisotopic (exact) mass is 991 g/mol. The van der Waals surface area contributed by atoms with Crippen molar-refractivity contribution in [1.82, 2.24) is 0 Å². The van der Waals surface area contributed by atoms with Crippen molar-refractivity contribution in [3.63, 3.8) is 0 Å². The van der Waals surface area contributed by atoms with Gasteiger partial charge in [-0.15, -0.1) is 0 Å². The second-order valence-corrected chi connectivity index (χ2v) is 17.9. The largest absolute Gasteiger partial charge is 1.00 e. The average molecular weight is 991 g/mol. The first kappa shape index (κ1) is 58.5. The predicted molar refractivity (Wildman–Crippen MR) is 278 cm³/mol. The van der Waals surface area contributed by atoms with E-state index in [1.165, 1.54) is 12.8 Å². The maximum absolute atomic E-state index is 15.8. The second kappa shape index (κ2) is 32.7. The maximum Gasteiger partial charge on any atom is 1.00 e. The summed E-state index contributed by atoms with van der Waals surface area (Å²) in [4.78, 5) is 0. The molecule has 0 aliphatic carbocycles. The first-order valence-electron chi connectivity index (χ1n) is 25.2. The topological polar surface area (TPSA) is 64.6 Å². The third kappa shape index (κ3) is 18.8. The van der Waals surface area contributed by atoms with Crippen LogP contribution in [0.15, 0.2) is 200 Å². The van der Waals surface area contributed by atoms with Crippen molar-refractivity contribution in [2.75, 3.05) is 13.2 Å². The van der Waals surface area contributed by atoms with Gasteiger partial charge in [-0.25, -0.2) is 4.39 Å². The van der Waals surface area contributed by atoms with Crippen molar-refractivity contribution in [1.29, 1.82) is 0 Å². The van der Waals surface area contributed by atoms with Crippen molar-refractivity contribution < 1.29 is 65.2 Å². The van der Waals surface area contributed by atoms with Crippen molar-refractivity contribution in [2.24, 2.45) is 11.8 Å². The van der Waals surface area contributed by atoms with Crippen LogP contribution in [0.3, 0.4) is 0 Å². The first-order chi connectivity index (χ1) is 35.3. The van der Waals surface area contributed by atoms with E-state index in [1.54, 1.807) is 12.1 Å². The Kier molecular flexibility index (Phi) is 26.2. The number of rotatable bonds is 15. The second-order valence-electron chi connectivity index (χ2n) is 17.9. The summed E-state index contributed by atoms with van der Waals surface area (Å²) in [6.45, 7) is 11.4. The standard InChI is InChI=1S/C29H31FO3.C23H26F2O3.C6H5.C4H8O.Li/c1-3-25-21(2)27(31-19-22-13-7-4-8-14-22)29(32-20-23-15-9-5-10-16-23)28(33-25)26(30)24-17-11-6-12-18-24;1-3-19-16(2)20(26-14-17-10-6-4-7-11-17)21(22(28-19)23(24)25)27-15-18-12-8-5-9-13-18;1-2-4-6-5-3-1;1-2-4-5-3-1;/h4-18,21,25,27,29H,3,19-20H2,1-2H3;4-13,16,19-21H,3,14-15H2,1-2H3;1-5H;1-4H2;/q;;-1;;+1/t21?,25-,27+,29-;16?,19-,20+,21-;;;/m11.../s1. The van der Waals surface area contributed by atoms with Crippen LogP contribution in [0, 0.1) is 17.9 Å². The van der Waals surface area contributed by atoms with E-state index in [4.69, 9.17) is 33.2 Å². The van der Waals surface area contributed by atoms with Gasteiger partial charge in [0, 0.05) is 30.6 Å². The molecule has 3 aliphatic heterocycles. The van der Waals surface area contributed by atoms with Gasteiger partial charge in [0.05, 0.1) is 38.6 Å². The molecule has 11 heteroatoms. The molecule has 73 heavy (non-hydrogen) atoms. The molecule has 0 saturated carbocycles. The van der Waals surface area contributed by atoms with Crippen LogP contribution in [0.25, 0.3) is 5.83 Å². The van der Waals surface area contributed by atoms with E-state index in [9.17, 15) is 8.78 Å². The normalized spacial score (nSPS) is 22.7. The fourth-order valence-corrected chi connectivity index (χ4v) is 8.64. The predicted octanol–water partition coefficient (Wildman–Crippen LogP) is 11.9. The summed E-state index contributed by atoms with van der Waals surface area (Å²) in [7, 11) is 0. The Bertz CT molecular complexity index is 2390. The zero-order valence-electron chi connectivity index (χ0n) is 43.0. The molecule has 6 aromatic carbocycles. The summed E-state index contributed by atoms with van der Waals surface area (Å²) in [5.74, 6) is -0.629. The summed E-state index contributed by atoms with van der Waals surface area (Å²) in [5.41, 5.74) is 4.46. The Morgan fingerprint density at radius 3 is 1.14 bits per heavy atom. The van der Waals surface area contributed by atoms with Gasteiger partial charge >= 0.3 is 24.9 Å². The molecule has 0 radical (unpaired) electrons. The van der Waals surface area contributed by atoms with Crippen molar-refractivity contribution >= 4 is 5.83 Å². The first-order valence-corrected chi connectivity index (χ1v) is 25.2. The fraction of sp³-hybridized carbons (Fsp3) is 0.355. The minimum Gasteiger partial charge on any atom is -0.488 e. The van der Waals surface area contributed by atoms with E-state index in [0.717, 1.165) is 41.9 Å².